The largest absolute Gasteiger partial charge is 0.445 e. The van der Waals surface area contributed by atoms with Gasteiger partial charge < -0.3 is 14.5 Å². The zero-order chi connectivity index (χ0) is 17.6. The Labute approximate surface area is 149 Å². The lowest BCUT2D eigenvalue weighted by Gasteiger charge is -2.35. The summed E-state index contributed by atoms with van der Waals surface area (Å²) in [6.45, 7) is 1.04. The number of pyridine rings is 1. The second-order valence-electron chi connectivity index (χ2n) is 6.59. The van der Waals surface area contributed by atoms with Crippen LogP contribution in [0.25, 0.3) is 0 Å². The molecule has 1 saturated heterocycles. The molecule has 1 atom stereocenters. The molecule has 5 heteroatoms. The highest BCUT2D eigenvalue weighted by molar-refractivity contribution is 5.68. The summed E-state index contributed by atoms with van der Waals surface area (Å²) in [7, 11) is 3.94. The van der Waals surface area contributed by atoms with Gasteiger partial charge in [-0.15, -0.1) is 0 Å². The van der Waals surface area contributed by atoms with E-state index < -0.39 is 0 Å². The van der Waals surface area contributed by atoms with E-state index in [9.17, 15) is 4.79 Å². The number of carbonyl (C=O) groups excluding carboxylic acids is 1. The summed E-state index contributed by atoms with van der Waals surface area (Å²) in [5.74, 6) is 0.915. The molecule has 2 heterocycles. The van der Waals surface area contributed by atoms with Crippen LogP contribution in [0.5, 0.6) is 0 Å². The molecule has 0 radical (unpaired) electrons. The fourth-order valence-electron chi connectivity index (χ4n) is 3.16. The predicted octanol–water partition coefficient (Wildman–Crippen LogP) is 4.01. The third-order valence-corrected chi connectivity index (χ3v) is 4.56. The van der Waals surface area contributed by atoms with Crippen LogP contribution in [-0.2, 0) is 11.3 Å². The molecule has 0 bridgehead atoms. The van der Waals surface area contributed by atoms with Crippen molar-refractivity contribution < 1.29 is 9.53 Å². The average molecular weight is 339 g/mol. The van der Waals surface area contributed by atoms with Gasteiger partial charge in [0.1, 0.15) is 12.4 Å². The molecular weight excluding hydrogens is 314 g/mol. The first-order valence-corrected chi connectivity index (χ1v) is 8.76. The van der Waals surface area contributed by atoms with Crippen LogP contribution < -0.4 is 4.90 Å². The van der Waals surface area contributed by atoms with Gasteiger partial charge in [0, 0.05) is 26.8 Å². The molecule has 1 aliphatic rings. The van der Waals surface area contributed by atoms with Gasteiger partial charge in [-0.05, 0) is 36.5 Å². The van der Waals surface area contributed by atoms with Crippen molar-refractivity contribution in [3.05, 3.63) is 59.8 Å². The summed E-state index contributed by atoms with van der Waals surface area (Å²) >= 11 is 0. The van der Waals surface area contributed by atoms with Gasteiger partial charge in [-0.1, -0.05) is 36.4 Å². The summed E-state index contributed by atoms with van der Waals surface area (Å²) in [6.07, 6.45) is 4.71. The molecule has 0 saturated carbocycles. The molecule has 1 aromatic heterocycles. The number of amides is 1. The Hall–Kier alpha value is -2.56. The number of ether oxygens (including phenoxy) is 1. The lowest BCUT2D eigenvalue weighted by molar-refractivity contribution is 0.0678. The number of nitrogens with zero attached hydrogens (tertiary/aromatic N) is 3. The van der Waals surface area contributed by atoms with E-state index in [2.05, 4.69) is 11.1 Å². The minimum atomic E-state index is -0.245. The normalized spacial score (nSPS) is 17.2. The van der Waals surface area contributed by atoms with E-state index in [1.165, 1.54) is 0 Å². The maximum absolute atomic E-state index is 12.6. The van der Waals surface area contributed by atoms with Crippen LogP contribution in [0.4, 0.5) is 10.6 Å². The van der Waals surface area contributed by atoms with Gasteiger partial charge in [-0.25, -0.2) is 9.78 Å². The highest BCUT2D eigenvalue weighted by Crippen LogP contribution is 2.31. The van der Waals surface area contributed by atoms with Crippen molar-refractivity contribution in [2.24, 2.45) is 0 Å². The Bertz CT molecular complexity index is 686. The van der Waals surface area contributed by atoms with Gasteiger partial charge in [-0.3, -0.25) is 0 Å². The van der Waals surface area contributed by atoms with Gasteiger partial charge in [-0.2, -0.15) is 0 Å². The Morgan fingerprint density at radius 3 is 2.68 bits per heavy atom. The minimum absolute atomic E-state index is 0.0423. The van der Waals surface area contributed by atoms with E-state index in [4.69, 9.17) is 4.74 Å². The van der Waals surface area contributed by atoms with Gasteiger partial charge in [0.15, 0.2) is 0 Å². The van der Waals surface area contributed by atoms with E-state index in [1.807, 2.05) is 66.5 Å². The first-order chi connectivity index (χ1) is 12.1. The van der Waals surface area contributed by atoms with Gasteiger partial charge in [0.25, 0.3) is 0 Å². The van der Waals surface area contributed by atoms with Crippen LogP contribution in [0.15, 0.2) is 48.7 Å². The number of piperidine rings is 1. The molecule has 0 spiro atoms. The standard InChI is InChI=1S/C20H25N3O2/c1-22(2)19-12-11-17(14-21-19)18-10-6-7-13-23(18)20(24)25-15-16-8-4-3-5-9-16/h3-5,8-9,11-12,14,18H,6-7,10,13,15H2,1-2H3/t18-/m1/s1. The van der Waals surface area contributed by atoms with Gasteiger partial charge in [0.2, 0.25) is 0 Å². The highest BCUT2D eigenvalue weighted by Gasteiger charge is 2.29. The van der Waals surface area contributed by atoms with Crippen molar-refractivity contribution in [2.75, 3.05) is 25.5 Å². The van der Waals surface area contributed by atoms with Crippen molar-refractivity contribution in [3.8, 4) is 0 Å². The number of rotatable bonds is 4. The SMILES string of the molecule is CN(C)c1ccc([C@H]2CCCCN2C(=O)OCc2ccccc2)cn1. The predicted molar refractivity (Wildman–Crippen MR) is 98.5 cm³/mol. The van der Waals surface area contributed by atoms with E-state index >= 15 is 0 Å². The number of carbonyl (C=O) groups is 1. The smallest absolute Gasteiger partial charge is 0.410 e. The topological polar surface area (TPSA) is 45.7 Å². The van der Waals surface area contributed by atoms with E-state index in [0.717, 1.165) is 42.8 Å². The molecule has 0 aliphatic carbocycles. The first-order valence-electron chi connectivity index (χ1n) is 8.76. The second-order valence-corrected chi connectivity index (χ2v) is 6.59. The second kappa shape index (κ2) is 8.01. The summed E-state index contributed by atoms with van der Waals surface area (Å²) in [6, 6.07) is 13.9. The Morgan fingerprint density at radius 1 is 1.20 bits per heavy atom. The fraction of sp³-hybridized carbons (Fsp3) is 0.400. The molecule has 1 fully saturated rings. The average Bonchev–Trinajstić information content (AvgIpc) is 2.67. The zero-order valence-corrected chi connectivity index (χ0v) is 14.9. The molecule has 132 valence electrons. The summed E-state index contributed by atoms with van der Waals surface area (Å²) in [5.41, 5.74) is 2.07. The monoisotopic (exact) mass is 339 g/mol. The molecule has 1 aliphatic heterocycles. The quantitative estimate of drug-likeness (QED) is 0.844. The Kier molecular flexibility index (Phi) is 5.53. The highest BCUT2D eigenvalue weighted by atomic mass is 16.6. The molecule has 0 unspecified atom stereocenters. The molecular formula is C20H25N3O2. The first kappa shape index (κ1) is 17.3. The minimum Gasteiger partial charge on any atom is -0.445 e. The van der Waals surface area contributed by atoms with Crippen molar-refractivity contribution in [2.45, 2.75) is 31.9 Å². The maximum Gasteiger partial charge on any atom is 0.410 e. The Balaban J connectivity index is 1.68. The van der Waals surface area contributed by atoms with Crippen LogP contribution in [0, 0.1) is 0 Å². The number of hydrogen-bond donors (Lipinski definition) is 0. The van der Waals surface area contributed by atoms with Crippen LogP contribution >= 0.6 is 0 Å². The van der Waals surface area contributed by atoms with Crippen LogP contribution in [0.2, 0.25) is 0 Å². The van der Waals surface area contributed by atoms with E-state index in [-0.39, 0.29) is 12.1 Å². The molecule has 2 aromatic rings. The summed E-state index contributed by atoms with van der Waals surface area (Å²) in [5, 5.41) is 0. The zero-order valence-electron chi connectivity index (χ0n) is 14.9. The summed E-state index contributed by atoms with van der Waals surface area (Å²) in [4.78, 5) is 20.9. The third kappa shape index (κ3) is 4.29. The molecule has 3 rings (SSSR count). The number of hydrogen-bond acceptors (Lipinski definition) is 4. The van der Waals surface area contributed by atoms with Crippen molar-refractivity contribution in [1.29, 1.82) is 0 Å². The molecule has 0 N–H and O–H groups in total. The van der Waals surface area contributed by atoms with Crippen LogP contribution in [-0.4, -0.2) is 36.6 Å². The van der Waals surface area contributed by atoms with Gasteiger partial charge in [0.05, 0.1) is 6.04 Å². The summed E-state index contributed by atoms with van der Waals surface area (Å²) < 4.78 is 5.54. The number of aromatic nitrogens is 1. The van der Waals surface area contributed by atoms with Crippen LogP contribution in [0.1, 0.15) is 36.4 Å². The molecule has 25 heavy (non-hydrogen) atoms. The molecule has 1 aromatic carbocycles. The van der Waals surface area contributed by atoms with Gasteiger partial charge >= 0.3 is 6.09 Å². The van der Waals surface area contributed by atoms with E-state index in [1.54, 1.807) is 0 Å². The third-order valence-electron chi connectivity index (χ3n) is 4.56. The lowest BCUT2D eigenvalue weighted by atomic mass is 9.97. The number of anilines is 1. The van der Waals surface area contributed by atoms with Crippen molar-refractivity contribution in [1.82, 2.24) is 9.88 Å². The Morgan fingerprint density at radius 2 is 2.00 bits per heavy atom. The molecule has 5 nitrogen and oxygen atoms in total. The fourth-order valence-corrected chi connectivity index (χ4v) is 3.16. The van der Waals surface area contributed by atoms with Crippen LogP contribution in [0.3, 0.4) is 0 Å². The van der Waals surface area contributed by atoms with Crippen molar-refractivity contribution in [3.63, 3.8) is 0 Å². The lowest BCUT2D eigenvalue weighted by Crippen LogP contribution is -2.38. The molecule has 1 amide bonds. The van der Waals surface area contributed by atoms with E-state index in [0.29, 0.717) is 6.61 Å². The van der Waals surface area contributed by atoms with Crippen molar-refractivity contribution >= 4 is 11.9 Å². The number of benzene rings is 1. The number of likely N-dealkylation sites (tertiary alicyclic amines) is 1. The maximum atomic E-state index is 12.6.